The molecule has 3 rings (SSSR count). The second-order valence-electron chi connectivity index (χ2n) is 7.17. The van der Waals surface area contributed by atoms with Gasteiger partial charge in [0.05, 0.1) is 13.0 Å². The number of anilines is 1. The van der Waals surface area contributed by atoms with Gasteiger partial charge in [-0.25, -0.2) is 4.98 Å². The minimum Gasteiger partial charge on any atom is -0.481 e. The van der Waals surface area contributed by atoms with Gasteiger partial charge < -0.3 is 15.2 Å². The molecule has 148 valence electrons. The van der Waals surface area contributed by atoms with Gasteiger partial charge in [0.25, 0.3) is 0 Å². The van der Waals surface area contributed by atoms with E-state index in [9.17, 15) is 9.90 Å². The summed E-state index contributed by atoms with van der Waals surface area (Å²) in [6, 6.07) is 14.0. The van der Waals surface area contributed by atoms with E-state index in [0.717, 1.165) is 43.6 Å². The Morgan fingerprint density at radius 1 is 1.18 bits per heavy atom. The summed E-state index contributed by atoms with van der Waals surface area (Å²) in [5, 5.41) is 12.6. The van der Waals surface area contributed by atoms with Crippen LogP contribution in [0.15, 0.2) is 60.3 Å². The fraction of sp³-hybridized carbons (Fsp3) is 0.391. The van der Waals surface area contributed by atoms with Crippen molar-refractivity contribution in [2.75, 3.05) is 25.1 Å². The zero-order valence-electron chi connectivity index (χ0n) is 16.1. The fourth-order valence-electron chi connectivity index (χ4n) is 3.61. The average Bonchev–Trinajstić information content (AvgIpc) is 2.87. The van der Waals surface area contributed by atoms with Crippen LogP contribution in [0.2, 0.25) is 0 Å². The molecule has 0 fully saturated rings. The van der Waals surface area contributed by atoms with Crippen LogP contribution in [0.3, 0.4) is 0 Å². The quantitative estimate of drug-likeness (QED) is 0.471. The number of benzene rings is 1. The summed E-state index contributed by atoms with van der Waals surface area (Å²) >= 11 is 0. The van der Waals surface area contributed by atoms with Crippen molar-refractivity contribution in [3.05, 3.63) is 71.4 Å². The second kappa shape index (κ2) is 10.6. The van der Waals surface area contributed by atoms with Gasteiger partial charge >= 0.3 is 5.97 Å². The summed E-state index contributed by atoms with van der Waals surface area (Å²) in [7, 11) is 0. The van der Waals surface area contributed by atoms with Gasteiger partial charge in [0.15, 0.2) is 0 Å². The van der Waals surface area contributed by atoms with E-state index in [4.69, 9.17) is 4.74 Å². The first-order valence-corrected chi connectivity index (χ1v) is 9.92. The normalized spacial score (nSPS) is 16.0. The largest absolute Gasteiger partial charge is 0.481 e. The van der Waals surface area contributed by atoms with Crippen molar-refractivity contribution in [3.8, 4) is 0 Å². The molecule has 0 radical (unpaired) electrons. The van der Waals surface area contributed by atoms with Gasteiger partial charge in [0.2, 0.25) is 0 Å². The van der Waals surface area contributed by atoms with Crippen LogP contribution in [0.1, 0.15) is 42.7 Å². The van der Waals surface area contributed by atoms with Crippen molar-refractivity contribution in [1.82, 2.24) is 4.98 Å². The number of nitrogens with zero attached hydrogens (tertiary/aromatic N) is 1. The van der Waals surface area contributed by atoms with E-state index < -0.39 is 5.97 Å². The van der Waals surface area contributed by atoms with Crippen molar-refractivity contribution in [1.29, 1.82) is 0 Å². The number of aliphatic carboxylic acids is 1. The summed E-state index contributed by atoms with van der Waals surface area (Å²) in [6.45, 7) is 2.16. The van der Waals surface area contributed by atoms with E-state index in [-0.39, 0.29) is 12.3 Å². The number of allylic oxidation sites excluding steroid dienone is 1. The van der Waals surface area contributed by atoms with Crippen LogP contribution in [0, 0.1) is 0 Å². The first-order valence-electron chi connectivity index (χ1n) is 9.92. The third kappa shape index (κ3) is 6.20. The maximum atomic E-state index is 11.3. The highest BCUT2D eigenvalue weighted by Crippen LogP contribution is 2.33. The maximum absolute atomic E-state index is 11.3. The number of unbranched alkanes of at least 4 members (excludes halogenated alkanes) is 1. The van der Waals surface area contributed by atoms with Crippen molar-refractivity contribution < 1.29 is 14.6 Å². The number of hydrogen-bond donors (Lipinski definition) is 2. The number of fused-ring (bicyclic) bond motifs is 1. The Labute approximate surface area is 166 Å². The van der Waals surface area contributed by atoms with Gasteiger partial charge in [-0.3, -0.25) is 4.79 Å². The van der Waals surface area contributed by atoms with Gasteiger partial charge in [0, 0.05) is 19.3 Å². The second-order valence-corrected chi connectivity index (χ2v) is 7.17. The Balaban J connectivity index is 1.40. The van der Waals surface area contributed by atoms with E-state index in [1.807, 2.05) is 30.3 Å². The number of nitrogens with one attached hydrogen (secondary N) is 1. The molecule has 0 bridgehead atoms. The molecule has 5 nitrogen and oxygen atoms in total. The molecule has 0 amide bonds. The predicted octanol–water partition coefficient (Wildman–Crippen LogP) is 4.42. The van der Waals surface area contributed by atoms with Crippen LogP contribution >= 0.6 is 0 Å². The minimum absolute atomic E-state index is 0.0219. The molecule has 0 aliphatic heterocycles. The van der Waals surface area contributed by atoms with E-state index in [2.05, 4.69) is 28.5 Å². The highest BCUT2D eigenvalue weighted by Gasteiger charge is 2.22. The van der Waals surface area contributed by atoms with Crippen molar-refractivity contribution in [3.63, 3.8) is 0 Å². The summed E-state index contributed by atoms with van der Waals surface area (Å²) in [6.07, 6.45) is 7.75. The molecule has 0 saturated carbocycles. The number of carbonyl (C=O) groups is 1. The zero-order chi connectivity index (χ0) is 19.6. The molecular weight excluding hydrogens is 352 g/mol. The molecule has 0 saturated heterocycles. The zero-order valence-corrected chi connectivity index (χ0v) is 16.1. The molecule has 2 aromatic rings. The van der Waals surface area contributed by atoms with Crippen LogP contribution < -0.4 is 5.32 Å². The topological polar surface area (TPSA) is 71.5 Å². The lowest BCUT2D eigenvalue weighted by molar-refractivity contribution is -0.137. The lowest BCUT2D eigenvalue weighted by atomic mass is 9.88. The number of ether oxygens (including phenoxy) is 1. The number of aromatic nitrogens is 1. The van der Waals surface area contributed by atoms with Gasteiger partial charge in [0.1, 0.15) is 5.82 Å². The molecule has 2 N–H and O–H groups in total. The monoisotopic (exact) mass is 380 g/mol. The van der Waals surface area contributed by atoms with E-state index in [1.54, 1.807) is 6.20 Å². The van der Waals surface area contributed by atoms with Gasteiger partial charge in [-0.1, -0.05) is 36.4 Å². The SMILES string of the molecule is O=C(O)CC1CC(COCCCCNc2ccccn2)=CCc2ccccc21. The average molecular weight is 380 g/mol. The van der Waals surface area contributed by atoms with Crippen molar-refractivity contribution in [2.24, 2.45) is 0 Å². The molecule has 1 aromatic heterocycles. The van der Waals surface area contributed by atoms with E-state index in [1.165, 1.54) is 11.1 Å². The number of rotatable bonds is 10. The molecule has 1 atom stereocenters. The highest BCUT2D eigenvalue weighted by atomic mass is 16.5. The van der Waals surface area contributed by atoms with Crippen LogP contribution in [-0.4, -0.2) is 35.8 Å². The number of carboxylic acid groups (broad SMARTS) is 1. The molecule has 0 spiro atoms. The van der Waals surface area contributed by atoms with Gasteiger partial charge in [-0.15, -0.1) is 0 Å². The lowest BCUT2D eigenvalue weighted by Gasteiger charge is -2.17. The van der Waals surface area contributed by atoms with Crippen molar-refractivity contribution >= 4 is 11.8 Å². The molecular formula is C23H28N2O3. The first kappa shape index (κ1) is 20.1. The van der Waals surface area contributed by atoms with E-state index >= 15 is 0 Å². The molecule has 1 unspecified atom stereocenters. The van der Waals surface area contributed by atoms with Crippen LogP contribution in [0.4, 0.5) is 5.82 Å². The van der Waals surface area contributed by atoms with Crippen LogP contribution in [0.25, 0.3) is 0 Å². The molecule has 5 heteroatoms. The Bertz CT molecular complexity index is 789. The summed E-state index contributed by atoms with van der Waals surface area (Å²) in [5.74, 6) is 0.173. The molecule has 1 aliphatic carbocycles. The Morgan fingerprint density at radius 3 is 2.86 bits per heavy atom. The Kier molecular flexibility index (Phi) is 7.62. The molecule has 1 aliphatic rings. The molecule has 1 heterocycles. The van der Waals surface area contributed by atoms with Crippen LogP contribution in [-0.2, 0) is 16.0 Å². The minimum atomic E-state index is -0.748. The number of pyridine rings is 1. The maximum Gasteiger partial charge on any atom is 0.303 e. The Hall–Kier alpha value is -2.66. The third-order valence-electron chi connectivity index (χ3n) is 5.01. The summed E-state index contributed by atoms with van der Waals surface area (Å²) in [5.41, 5.74) is 3.59. The lowest BCUT2D eigenvalue weighted by Crippen LogP contribution is -2.10. The van der Waals surface area contributed by atoms with E-state index in [0.29, 0.717) is 13.2 Å². The van der Waals surface area contributed by atoms with Gasteiger partial charge in [-0.05, 0) is 60.4 Å². The predicted molar refractivity (Wildman–Crippen MR) is 111 cm³/mol. The molecule has 1 aromatic carbocycles. The van der Waals surface area contributed by atoms with Crippen LogP contribution in [0.5, 0.6) is 0 Å². The standard InChI is InChI=1S/C23H28N2O3/c26-23(27)16-20-15-18(10-11-19-7-1-2-8-21(19)20)17-28-14-6-5-13-25-22-9-3-4-12-24-22/h1-4,7-10,12,20H,5-6,11,13-17H2,(H,24,25)(H,26,27). The highest BCUT2D eigenvalue weighted by molar-refractivity contribution is 5.68. The van der Waals surface area contributed by atoms with Crippen molar-refractivity contribution in [2.45, 2.75) is 38.0 Å². The number of hydrogen-bond acceptors (Lipinski definition) is 4. The summed E-state index contributed by atoms with van der Waals surface area (Å²) < 4.78 is 5.87. The van der Waals surface area contributed by atoms with Gasteiger partial charge in [-0.2, -0.15) is 0 Å². The smallest absolute Gasteiger partial charge is 0.303 e. The molecule has 28 heavy (non-hydrogen) atoms. The third-order valence-corrected chi connectivity index (χ3v) is 5.01. The first-order chi connectivity index (χ1) is 13.7. The Morgan fingerprint density at radius 2 is 2.04 bits per heavy atom. The fourth-order valence-corrected chi connectivity index (χ4v) is 3.61. The summed E-state index contributed by atoms with van der Waals surface area (Å²) in [4.78, 5) is 15.5. The number of carboxylic acids is 1.